The minimum absolute atomic E-state index is 0.0426. The van der Waals surface area contributed by atoms with Crippen LogP contribution in [0.1, 0.15) is 18.0 Å². The lowest BCUT2D eigenvalue weighted by Gasteiger charge is -2.36. The molecule has 0 saturated carbocycles. The third-order valence-electron chi connectivity index (χ3n) is 4.29. The van der Waals surface area contributed by atoms with Crippen LogP contribution in [0, 0.1) is 0 Å². The first-order valence-corrected chi connectivity index (χ1v) is 7.10. The van der Waals surface area contributed by atoms with Crippen molar-refractivity contribution in [2.75, 3.05) is 6.61 Å². The monoisotopic (exact) mass is 285 g/mol. The van der Waals surface area contributed by atoms with Gasteiger partial charge in [-0.05, 0) is 5.56 Å². The summed E-state index contributed by atoms with van der Waals surface area (Å²) < 4.78 is 10.9. The van der Waals surface area contributed by atoms with E-state index in [2.05, 4.69) is 0 Å². The van der Waals surface area contributed by atoms with Gasteiger partial charge in [0.05, 0.1) is 12.1 Å². The summed E-state index contributed by atoms with van der Waals surface area (Å²) >= 11 is 0. The van der Waals surface area contributed by atoms with E-state index in [-0.39, 0.29) is 30.6 Å². The number of benzene rings is 1. The zero-order valence-electron chi connectivity index (χ0n) is 11.3. The third kappa shape index (κ3) is 1.96. The topological polar surface area (TPSA) is 55.8 Å². The van der Waals surface area contributed by atoms with E-state index in [0.29, 0.717) is 6.42 Å². The van der Waals surface area contributed by atoms with Crippen molar-refractivity contribution < 1.29 is 19.1 Å². The van der Waals surface area contributed by atoms with Crippen LogP contribution >= 0.6 is 0 Å². The van der Waals surface area contributed by atoms with Gasteiger partial charge in [0.2, 0.25) is 0 Å². The Bertz CT molecular complexity index is 612. The number of nitrogens with zero attached hydrogens (tertiary/aromatic N) is 1. The van der Waals surface area contributed by atoms with E-state index < -0.39 is 12.1 Å². The molecule has 3 aliphatic heterocycles. The number of ether oxygens (including phenoxy) is 2. The second-order valence-electron chi connectivity index (χ2n) is 5.55. The molecule has 4 atom stereocenters. The van der Waals surface area contributed by atoms with Gasteiger partial charge in [-0.3, -0.25) is 9.69 Å². The number of cyclic esters (lactones) is 1. The second kappa shape index (κ2) is 4.70. The molecular formula is C16H15NO4. The molecule has 1 aromatic rings. The van der Waals surface area contributed by atoms with Crippen LogP contribution in [0.3, 0.4) is 0 Å². The molecule has 3 aliphatic rings. The molecule has 2 saturated heterocycles. The van der Waals surface area contributed by atoms with Crippen molar-refractivity contribution in [3.05, 3.63) is 48.0 Å². The predicted molar refractivity (Wildman–Crippen MR) is 73.6 cm³/mol. The van der Waals surface area contributed by atoms with Crippen LogP contribution in [0.25, 0.3) is 0 Å². The van der Waals surface area contributed by atoms with Crippen LogP contribution in [-0.2, 0) is 14.3 Å². The fourth-order valence-electron chi connectivity index (χ4n) is 3.31. The van der Waals surface area contributed by atoms with Crippen LogP contribution in [0.15, 0.2) is 42.5 Å². The molecule has 4 rings (SSSR count). The number of hydrogen-bond donors (Lipinski definition) is 0. The number of carbonyl (C=O) groups excluding carboxylic acids is 2. The molecular weight excluding hydrogens is 270 g/mol. The van der Waals surface area contributed by atoms with Gasteiger partial charge in [0.1, 0.15) is 18.8 Å². The summed E-state index contributed by atoms with van der Waals surface area (Å²) in [5.41, 5.74) is 0.972. The molecule has 1 amide bonds. The predicted octanol–water partition coefficient (Wildman–Crippen LogP) is 1.84. The van der Waals surface area contributed by atoms with Gasteiger partial charge < -0.3 is 9.47 Å². The van der Waals surface area contributed by atoms with Crippen molar-refractivity contribution in [3.63, 3.8) is 0 Å². The maximum Gasteiger partial charge on any atom is 0.411 e. The lowest BCUT2D eigenvalue weighted by molar-refractivity contribution is -0.137. The van der Waals surface area contributed by atoms with Crippen LogP contribution in [0.5, 0.6) is 0 Å². The Hall–Kier alpha value is -2.14. The van der Waals surface area contributed by atoms with E-state index in [0.717, 1.165) is 5.56 Å². The SMILES string of the molecule is O=C1C[C@@H]2C=C[C@@H](O2)[C@@H]1N1C(=O)OC[C@H]1c1ccccc1. The second-order valence-corrected chi connectivity index (χ2v) is 5.55. The number of Topliss-reactive ketones (excluding diaryl/α,β-unsaturated/α-hetero) is 1. The fraction of sp³-hybridized carbons (Fsp3) is 0.375. The van der Waals surface area contributed by atoms with Gasteiger partial charge in [-0.1, -0.05) is 42.5 Å². The highest BCUT2D eigenvalue weighted by Gasteiger charge is 2.49. The summed E-state index contributed by atoms with van der Waals surface area (Å²) in [4.78, 5) is 26.1. The van der Waals surface area contributed by atoms with Crippen molar-refractivity contribution in [2.45, 2.75) is 30.7 Å². The smallest absolute Gasteiger partial charge is 0.411 e. The zero-order valence-corrected chi connectivity index (χ0v) is 11.3. The van der Waals surface area contributed by atoms with Crippen molar-refractivity contribution >= 4 is 11.9 Å². The highest BCUT2D eigenvalue weighted by Crippen LogP contribution is 2.36. The van der Waals surface area contributed by atoms with Gasteiger partial charge >= 0.3 is 6.09 Å². The first-order valence-electron chi connectivity index (χ1n) is 7.10. The Morgan fingerprint density at radius 2 is 1.90 bits per heavy atom. The molecule has 5 nitrogen and oxygen atoms in total. The van der Waals surface area contributed by atoms with Gasteiger partial charge in [-0.2, -0.15) is 0 Å². The summed E-state index contributed by atoms with van der Waals surface area (Å²) in [7, 11) is 0. The standard InChI is InChI=1S/C16H15NO4/c18-13-8-11-6-7-14(21-11)15(13)17-12(9-20-16(17)19)10-4-2-1-3-5-10/h1-7,11-12,14-15H,8-9H2/t11-,12-,14+,15+/m0/s1. The van der Waals surface area contributed by atoms with Crippen molar-refractivity contribution in [3.8, 4) is 0 Å². The Morgan fingerprint density at radius 1 is 1.10 bits per heavy atom. The molecule has 0 radical (unpaired) electrons. The van der Waals surface area contributed by atoms with E-state index >= 15 is 0 Å². The van der Waals surface area contributed by atoms with E-state index in [9.17, 15) is 9.59 Å². The van der Waals surface area contributed by atoms with Crippen LogP contribution < -0.4 is 0 Å². The maximum absolute atomic E-state index is 12.4. The lowest BCUT2D eigenvalue weighted by atomic mass is 9.97. The number of amides is 1. The van der Waals surface area contributed by atoms with Crippen molar-refractivity contribution in [2.24, 2.45) is 0 Å². The van der Waals surface area contributed by atoms with Gasteiger partial charge in [0.25, 0.3) is 0 Å². The average Bonchev–Trinajstić information content (AvgIpc) is 3.06. The van der Waals surface area contributed by atoms with E-state index in [1.54, 1.807) is 4.90 Å². The summed E-state index contributed by atoms with van der Waals surface area (Å²) in [6.45, 7) is 0.270. The molecule has 1 aromatic carbocycles. The third-order valence-corrected chi connectivity index (χ3v) is 4.29. The molecule has 3 heterocycles. The molecule has 0 unspecified atom stereocenters. The van der Waals surface area contributed by atoms with Gasteiger partial charge in [-0.25, -0.2) is 4.79 Å². The Balaban J connectivity index is 1.69. The fourth-order valence-corrected chi connectivity index (χ4v) is 3.31. The lowest BCUT2D eigenvalue weighted by Crippen LogP contribution is -2.53. The summed E-state index contributed by atoms with van der Waals surface area (Å²) in [5, 5.41) is 0. The minimum atomic E-state index is -0.583. The van der Waals surface area contributed by atoms with Gasteiger partial charge in [0, 0.05) is 6.42 Å². The highest BCUT2D eigenvalue weighted by molar-refractivity contribution is 5.90. The highest BCUT2D eigenvalue weighted by atomic mass is 16.6. The molecule has 2 bridgehead atoms. The van der Waals surface area contributed by atoms with E-state index in [1.807, 2.05) is 42.5 Å². The Morgan fingerprint density at radius 3 is 2.71 bits per heavy atom. The first-order chi connectivity index (χ1) is 10.2. The molecule has 0 spiro atoms. The number of hydrogen-bond acceptors (Lipinski definition) is 4. The van der Waals surface area contributed by atoms with E-state index in [1.165, 1.54) is 0 Å². The average molecular weight is 285 g/mol. The van der Waals surface area contributed by atoms with Gasteiger partial charge in [-0.15, -0.1) is 0 Å². The molecule has 0 aromatic heterocycles. The molecule has 2 fully saturated rings. The molecule has 21 heavy (non-hydrogen) atoms. The van der Waals surface area contributed by atoms with Crippen LogP contribution in [0.2, 0.25) is 0 Å². The zero-order chi connectivity index (χ0) is 14.4. The Labute approximate surface area is 122 Å². The van der Waals surface area contributed by atoms with Crippen LogP contribution in [0.4, 0.5) is 4.79 Å². The quantitative estimate of drug-likeness (QED) is 0.778. The van der Waals surface area contributed by atoms with Crippen molar-refractivity contribution in [1.82, 2.24) is 4.90 Å². The number of carbonyl (C=O) groups is 2. The Kier molecular flexibility index (Phi) is 2.82. The largest absolute Gasteiger partial charge is 0.447 e. The maximum atomic E-state index is 12.4. The number of fused-ring (bicyclic) bond motifs is 2. The van der Waals surface area contributed by atoms with Crippen LogP contribution in [-0.4, -0.2) is 41.6 Å². The normalized spacial score (nSPS) is 34.4. The van der Waals surface area contributed by atoms with E-state index in [4.69, 9.17) is 9.47 Å². The number of ketones is 1. The summed E-state index contributed by atoms with van der Waals surface area (Å²) in [6.07, 6.45) is 3.18. The molecule has 108 valence electrons. The number of rotatable bonds is 2. The summed E-state index contributed by atoms with van der Waals surface area (Å²) in [6, 6.07) is 8.83. The molecule has 0 aliphatic carbocycles. The van der Waals surface area contributed by atoms with Gasteiger partial charge in [0.15, 0.2) is 5.78 Å². The summed E-state index contributed by atoms with van der Waals surface area (Å²) in [5.74, 6) is 0.0426. The molecule has 5 heteroatoms. The minimum Gasteiger partial charge on any atom is -0.447 e. The van der Waals surface area contributed by atoms with Crippen molar-refractivity contribution in [1.29, 1.82) is 0 Å². The molecule has 0 N–H and O–H groups in total. The first kappa shape index (κ1) is 12.6.